The fourth-order valence-electron chi connectivity index (χ4n) is 1.49. The van der Waals surface area contributed by atoms with Crippen LogP contribution >= 0.6 is 18.8 Å². The van der Waals surface area contributed by atoms with Crippen molar-refractivity contribution < 1.29 is 27.0 Å². The smallest absolute Gasteiger partial charge is 0.211 e. The molecule has 166 valence electrons. The number of sulfonamides is 2. The lowest BCUT2D eigenvalue weighted by molar-refractivity contribution is 0.0956. The van der Waals surface area contributed by atoms with Crippen LogP contribution in [0.15, 0.2) is 0 Å². The van der Waals surface area contributed by atoms with E-state index in [1.165, 1.54) is 14.1 Å². The Balaban J connectivity index is 0. The molecule has 0 aromatic heterocycles. The van der Waals surface area contributed by atoms with E-state index in [4.69, 9.17) is 0 Å². The van der Waals surface area contributed by atoms with Gasteiger partial charge in [0.2, 0.25) is 20.0 Å². The number of hydrogen-bond acceptors (Lipinski definition) is 8. The number of aliphatic hydroxyl groups excluding tert-OH is 2. The van der Waals surface area contributed by atoms with Crippen LogP contribution in [0, 0.1) is 0 Å². The molecule has 0 amide bonds. The quantitative estimate of drug-likeness (QED) is 0.324. The first-order valence-electron chi connectivity index (χ1n) is 8.07. The van der Waals surface area contributed by atoms with Crippen molar-refractivity contribution in [3.63, 3.8) is 0 Å². The number of nitrogens with one attached hydrogen (secondary N) is 1. The van der Waals surface area contributed by atoms with Crippen molar-refractivity contribution in [3.8, 4) is 0 Å². The first-order chi connectivity index (χ1) is 11.9. The molecule has 0 rings (SSSR count). The molecule has 0 aromatic carbocycles. The Morgan fingerprint density at radius 2 is 1.22 bits per heavy atom. The topological polar surface area (TPSA) is 130 Å². The average Bonchev–Trinajstić information content (AvgIpc) is 2.51. The number of likely N-dealkylation sites (N-methyl/N-ethyl adjacent to an activating group) is 3. The molecule has 0 saturated heterocycles. The Morgan fingerprint density at radius 3 is 1.48 bits per heavy atom. The zero-order chi connectivity index (χ0) is 22.2. The van der Waals surface area contributed by atoms with Gasteiger partial charge in [-0.2, -0.15) is 0 Å². The summed E-state index contributed by atoms with van der Waals surface area (Å²) in [6, 6.07) is -0.265. The van der Waals surface area contributed by atoms with Crippen LogP contribution in [0.2, 0.25) is 0 Å². The molecule has 0 saturated carbocycles. The summed E-state index contributed by atoms with van der Waals surface area (Å²) in [5, 5.41) is 21.9. The van der Waals surface area contributed by atoms with Gasteiger partial charge in [0.1, 0.15) is 0 Å². The summed E-state index contributed by atoms with van der Waals surface area (Å²) >= 11 is 0. The molecule has 3 N–H and O–H groups in total. The highest BCUT2D eigenvalue weighted by Crippen LogP contribution is 2.08. The number of hydrogen-bond donors (Lipinski definition) is 3. The van der Waals surface area contributed by atoms with Crippen molar-refractivity contribution >= 4 is 38.8 Å². The van der Waals surface area contributed by atoms with Gasteiger partial charge in [0.15, 0.2) is 0 Å². The van der Waals surface area contributed by atoms with Crippen LogP contribution < -0.4 is 5.09 Å². The maximum Gasteiger partial charge on any atom is 0.211 e. The fourth-order valence-corrected chi connectivity index (χ4v) is 2.76. The van der Waals surface area contributed by atoms with Gasteiger partial charge in [-0.25, -0.2) is 25.4 Å². The van der Waals surface area contributed by atoms with E-state index >= 15 is 0 Å². The second kappa shape index (κ2) is 13.0. The lowest BCUT2D eigenvalue weighted by Gasteiger charge is -2.27. The lowest BCUT2D eigenvalue weighted by Crippen LogP contribution is -2.42. The molecule has 0 bridgehead atoms. The van der Waals surface area contributed by atoms with E-state index < -0.39 is 32.3 Å². The molecule has 0 heterocycles. The molecule has 10 nitrogen and oxygen atoms in total. The van der Waals surface area contributed by atoms with Gasteiger partial charge in [-0.05, 0) is 20.9 Å². The van der Waals surface area contributed by atoms with Gasteiger partial charge in [0.05, 0.1) is 24.7 Å². The SMILES string of the molecule is C[C@@H]([C@H](O)CN(C)S(C)(=O)=O)N(C)P.C[C@H](NP)[C@H](O)CN(C)S(C)(=O)=O. The standard InChI is InChI=1S/C7H19N2O3PS.C6H17N2O3PS/c1-6(9(3)13)7(10)5-8(2)14(4,11)12;1-5(7-12)6(9)4-8(2)13(3,10)11/h6-7,10H,5,13H2,1-4H3;5-7,9H,4,12H2,1-3H3/t6-,7+;5-,6+/m00/s1. The molecule has 0 aromatic rings. The van der Waals surface area contributed by atoms with Gasteiger partial charge in [-0.3, -0.25) is 9.76 Å². The maximum absolute atomic E-state index is 11.1. The van der Waals surface area contributed by atoms with Gasteiger partial charge < -0.3 is 10.2 Å². The molecule has 2 unspecified atom stereocenters. The largest absolute Gasteiger partial charge is 0.390 e. The van der Waals surface area contributed by atoms with Crippen LogP contribution in [0.1, 0.15) is 13.8 Å². The molecule has 14 heteroatoms. The molecule has 0 fully saturated rings. The zero-order valence-electron chi connectivity index (χ0n) is 17.1. The summed E-state index contributed by atoms with van der Waals surface area (Å²) in [6.07, 6.45) is 0.822. The third-order valence-electron chi connectivity index (χ3n) is 4.06. The summed E-state index contributed by atoms with van der Waals surface area (Å²) < 4.78 is 48.1. The van der Waals surface area contributed by atoms with Crippen LogP contribution in [-0.2, 0) is 20.0 Å². The minimum Gasteiger partial charge on any atom is -0.390 e. The normalized spacial score (nSPS) is 17.4. The first-order valence-corrected chi connectivity index (χ1v) is 12.9. The molecular formula is C13H36N4O6P2S2. The Morgan fingerprint density at radius 1 is 0.889 bits per heavy atom. The highest BCUT2D eigenvalue weighted by molar-refractivity contribution is 7.88. The molecule has 0 aliphatic carbocycles. The summed E-state index contributed by atoms with van der Waals surface area (Å²) in [6.45, 7) is 3.81. The number of rotatable bonds is 10. The summed E-state index contributed by atoms with van der Waals surface area (Å²) in [7, 11) is 3.00. The molecule has 6 atom stereocenters. The van der Waals surface area contributed by atoms with Crippen molar-refractivity contribution in [1.29, 1.82) is 0 Å². The van der Waals surface area contributed by atoms with Crippen LogP contribution in [0.25, 0.3) is 0 Å². The summed E-state index contributed by atoms with van der Waals surface area (Å²) in [4.78, 5) is 0. The molecule has 0 aliphatic heterocycles. The van der Waals surface area contributed by atoms with E-state index in [1.54, 1.807) is 18.6 Å². The Hall–Kier alpha value is 0.520. The van der Waals surface area contributed by atoms with Crippen molar-refractivity contribution in [2.24, 2.45) is 0 Å². The fraction of sp³-hybridized carbons (Fsp3) is 1.00. The summed E-state index contributed by atoms with van der Waals surface area (Å²) in [5.41, 5.74) is 0. The Bertz CT molecular complexity index is 620. The predicted octanol–water partition coefficient (Wildman–Crippen LogP) is -1.64. The second-order valence-electron chi connectivity index (χ2n) is 6.58. The number of aliphatic hydroxyl groups is 2. The van der Waals surface area contributed by atoms with E-state index in [-0.39, 0.29) is 25.2 Å². The second-order valence-corrected chi connectivity index (χ2v) is 11.9. The predicted molar refractivity (Wildman–Crippen MR) is 116 cm³/mol. The van der Waals surface area contributed by atoms with E-state index in [1.807, 2.05) is 6.92 Å². The highest BCUT2D eigenvalue weighted by atomic mass is 32.2. The molecule has 0 spiro atoms. The Kier molecular flexibility index (Phi) is 14.3. The highest BCUT2D eigenvalue weighted by Gasteiger charge is 2.22. The van der Waals surface area contributed by atoms with Gasteiger partial charge in [0, 0.05) is 39.3 Å². The number of nitrogens with zero attached hydrogens (tertiary/aromatic N) is 3. The van der Waals surface area contributed by atoms with E-state index in [0.29, 0.717) is 0 Å². The van der Waals surface area contributed by atoms with E-state index in [9.17, 15) is 27.0 Å². The zero-order valence-corrected chi connectivity index (χ0v) is 21.0. The van der Waals surface area contributed by atoms with Crippen molar-refractivity contribution in [3.05, 3.63) is 0 Å². The van der Waals surface area contributed by atoms with E-state index in [2.05, 4.69) is 23.9 Å². The van der Waals surface area contributed by atoms with Gasteiger partial charge in [0.25, 0.3) is 0 Å². The minimum absolute atomic E-state index is 0.0986. The van der Waals surface area contributed by atoms with Crippen LogP contribution in [0.5, 0.6) is 0 Å². The average molecular weight is 471 g/mol. The minimum atomic E-state index is -3.21. The van der Waals surface area contributed by atoms with Gasteiger partial charge in [-0.1, -0.05) is 18.8 Å². The monoisotopic (exact) mass is 470 g/mol. The maximum atomic E-state index is 11.1. The van der Waals surface area contributed by atoms with Crippen molar-refractivity contribution in [1.82, 2.24) is 18.4 Å². The van der Waals surface area contributed by atoms with Crippen LogP contribution in [0.4, 0.5) is 0 Å². The molecule has 0 aliphatic rings. The lowest BCUT2D eigenvalue weighted by atomic mass is 10.2. The van der Waals surface area contributed by atoms with Crippen LogP contribution in [0.3, 0.4) is 0 Å². The molecule has 0 radical (unpaired) electrons. The first kappa shape index (κ1) is 29.7. The Labute approximate surface area is 169 Å². The third-order valence-corrected chi connectivity index (χ3v) is 7.62. The third kappa shape index (κ3) is 13.4. The van der Waals surface area contributed by atoms with Gasteiger partial charge in [-0.15, -0.1) is 0 Å². The van der Waals surface area contributed by atoms with E-state index in [0.717, 1.165) is 21.1 Å². The van der Waals surface area contributed by atoms with Crippen molar-refractivity contribution in [2.75, 3.05) is 46.7 Å². The summed E-state index contributed by atoms with van der Waals surface area (Å²) in [5.74, 6) is 0. The molecule has 27 heavy (non-hydrogen) atoms. The van der Waals surface area contributed by atoms with Gasteiger partial charge >= 0.3 is 0 Å². The van der Waals surface area contributed by atoms with Crippen LogP contribution in [-0.4, -0.2) is 111 Å². The molecular weight excluding hydrogens is 434 g/mol. The van der Waals surface area contributed by atoms with Crippen molar-refractivity contribution in [2.45, 2.75) is 38.1 Å².